The second-order valence-electron chi connectivity index (χ2n) is 7.07. The van der Waals surface area contributed by atoms with Gasteiger partial charge >= 0.3 is 0 Å². The van der Waals surface area contributed by atoms with Crippen molar-refractivity contribution in [3.63, 3.8) is 0 Å². The fraction of sp³-hybridized carbons (Fsp3) is 0.476. The fourth-order valence-electron chi connectivity index (χ4n) is 3.61. The van der Waals surface area contributed by atoms with E-state index in [0.29, 0.717) is 31.4 Å². The first-order valence-electron chi connectivity index (χ1n) is 9.93. The molecule has 1 amide bonds. The summed E-state index contributed by atoms with van der Waals surface area (Å²) < 4.78 is 5.45. The van der Waals surface area contributed by atoms with Gasteiger partial charge in [-0.15, -0.1) is 0 Å². The Morgan fingerprint density at radius 1 is 1.32 bits per heavy atom. The number of para-hydroxylation sites is 1. The van der Waals surface area contributed by atoms with Crippen molar-refractivity contribution in [2.75, 3.05) is 18.9 Å². The largest absolute Gasteiger partial charge is 0.359 e. The number of amides is 1. The van der Waals surface area contributed by atoms with E-state index in [4.69, 9.17) is 4.52 Å². The molecule has 28 heavy (non-hydrogen) atoms. The van der Waals surface area contributed by atoms with Gasteiger partial charge in [0, 0.05) is 43.6 Å². The zero-order valence-electron chi connectivity index (χ0n) is 16.8. The van der Waals surface area contributed by atoms with Crippen LogP contribution in [0.25, 0.3) is 0 Å². The van der Waals surface area contributed by atoms with Gasteiger partial charge < -0.3 is 20.5 Å². The van der Waals surface area contributed by atoms with E-state index in [-0.39, 0.29) is 11.8 Å². The van der Waals surface area contributed by atoms with Gasteiger partial charge in [-0.3, -0.25) is 9.79 Å². The second-order valence-corrected chi connectivity index (χ2v) is 7.07. The summed E-state index contributed by atoms with van der Waals surface area (Å²) in [4.78, 5) is 16.2. The van der Waals surface area contributed by atoms with E-state index in [1.807, 2.05) is 24.3 Å². The van der Waals surface area contributed by atoms with Crippen LogP contribution in [0.1, 0.15) is 62.0 Å². The van der Waals surface area contributed by atoms with Gasteiger partial charge in [-0.1, -0.05) is 37.2 Å². The number of hydrogen-bond acceptors (Lipinski definition) is 4. The lowest BCUT2D eigenvalue weighted by Gasteiger charge is -2.26. The highest BCUT2D eigenvalue weighted by atomic mass is 16.5. The average Bonchev–Trinajstić information content (AvgIpc) is 3.17. The summed E-state index contributed by atoms with van der Waals surface area (Å²) in [5.41, 5.74) is 3.05. The number of fused-ring (bicyclic) bond motifs is 1. The number of rotatable bonds is 7. The SMILES string of the molecule is CCC(CC)c1cc(CNC(=NC)NCC2CC(=O)Nc3ccccc32)on1. The number of hydrogen-bond donors (Lipinski definition) is 3. The van der Waals surface area contributed by atoms with Crippen molar-refractivity contribution in [1.82, 2.24) is 15.8 Å². The maximum Gasteiger partial charge on any atom is 0.225 e. The Morgan fingerprint density at radius 2 is 2.11 bits per heavy atom. The predicted molar refractivity (Wildman–Crippen MR) is 110 cm³/mol. The normalized spacial score (nSPS) is 16.6. The van der Waals surface area contributed by atoms with Crippen LogP contribution in [-0.4, -0.2) is 30.6 Å². The molecular formula is C21H29N5O2. The molecule has 1 unspecified atom stereocenters. The van der Waals surface area contributed by atoms with Crippen molar-refractivity contribution in [2.45, 2.75) is 51.5 Å². The van der Waals surface area contributed by atoms with E-state index in [9.17, 15) is 4.79 Å². The third kappa shape index (κ3) is 4.71. The van der Waals surface area contributed by atoms with Crippen LogP contribution in [0.15, 0.2) is 39.8 Å². The summed E-state index contributed by atoms with van der Waals surface area (Å²) in [5, 5.41) is 13.7. The van der Waals surface area contributed by atoms with Crippen LogP contribution >= 0.6 is 0 Å². The first-order chi connectivity index (χ1) is 13.6. The lowest BCUT2D eigenvalue weighted by atomic mass is 9.90. The minimum atomic E-state index is 0.0454. The van der Waals surface area contributed by atoms with Crippen LogP contribution < -0.4 is 16.0 Å². The van der Waals surface area contributed by atoms with E-state index in [1.165, 1.54) is 0 Å². The highest BCUT2D eigenvalue weighted by Gasteiger charge is 2.24. The van der Waals surface area contributed by atoms with Crippen molar-refractivity contribution in [1.29, 1.82) is 0 Å². The third-order valence-electron chi connectivity index (χ3n) is 5.26. The smallest absolute Gasteiger partial charge is 0.225 e. The summed E-state index contributed by atoms with van der Waals surface area (Å²) in [6.45, 7) is 5.46. The van der Waals surface area contributed by atoms with Crippen molar-refractivity contribution >= 4 is 17.6 Å². The fourth-order valence-corrected chi connectivity index (χ4v) is 3.61. The summed E-state index contributed by atoms with van der Waals surface area (Å²) in [7, 11) is 1.73. The molecule has 0 saturated carbocycles. The van der Waals surface area contributed by atoms with Gasteiger partial charge in [0.05, 0.1) is 12.2 Å². The molecule has 0 bridgehead atoms. The molecule has 3 N–H and O–H groups in total. The number of guanidine groups is 1. The standard InChI is InChI=1S/C21H29N5O2/c1-4-14(5-2)19-11-16(28-26-19)13-24-21(22-3)23-12-15-10-20(27)25-18-9-7-6-8-17(15)18/h6-9,11,14-15H,4-5,10,12-13H2,1-3H3,(H,25,27)(H2,22,23,24). The minimum Gasteiger partial charge on any atom is -0.359 e. The maximum absolute atomic E-state index is 12.0. The van der Waals surface area contributed by atoms with Crippen molar-refractivity contribution < 1.29 is 9.32 Å². The van der Waals surface area contributed by atoms with Crippen LogP contribution in [0, 0.1) is 0 Å². The van der Waals surface area contributed by atoms with Gasteiger partial charge in [0.2, 0.25) is 5.91 Å². The average molecular weight is 383 g/mol. The number of carbonyl (C=O) groups excluding carboxylic acids is 1. The van der Waals surface area contributed by atoms with Crippen LogP contribution in [-0.2, 0) is 11.3 Å². The third-order valence-corrected chi connectivity index (χ3v) is 5.26. The molecule has 2 heterocycles. The molecule has 0 radical (unpaired) electrons. The lowest BCUT2D eigenvalue weighted by Crippen LogP contribution is -2.40. The Balaban J connectivity index is 1.55. The molecule has 7 nitrogen and oxygen atoms in total. The number of benzene rings is 1. The van der Waals surface area contributed by atoms with Gasteiger partial charge in [-0.05, 0) is 24.5 Å². The highest BCUT2D eigenvalue weighted by molar-refractivity contribution is 5.94. The molecular weight excluding hydrogens is 354 g/mol. The highest BCUT2D eigenvalue weighted by Crippen LogP contribution is 2.31. The van der Waals surface area contributed by atoms with Gasteiger partial charge in [-0.25, -0.2) is 0 Å². The molecule has 150 valence electrons. The number of carbonyl (C=O) groups is 1. The van der Waals surface area contributed by atoms with E-state index in [2.05, 4.69) is 46.0 Å². The Hall–Kier alpha value is -2.83. The molecule has 0 spiro atoms. The summed E-state index contributed by atoms with van der Waals surface area (Å²) >= 11 is 0. The first kappa shape index (κ1) is 19.9. The van der Waals surface area contributed by atoms with Gasteiger partial charge in [0.1, 0.15) is 0 Å². The van der Waals surface area contributed by atoms with Crippen LogP contribution in [0.5, 0.6) is 0 Å². The molecule has 0 aliphatic carbocycles. The molecule has 0 fully saturated rings. The van der Waals surface area contributed by atoms with Gasteiger partial charge in [0.25, 0.3) is 0 Å². The first-order valence-corrected chi connectivity index (χ1v) is 9.93. The van der Waals surface area contributed by atoms with Crippen LogP contribution in [0.2, 0.25) is 0 Å². The van der Waals surface area contributed by atoms with Crippen LogP contribution in [0.3, 0.4) is 0 Å². The Labute approximate surface area is 166 Å². The molecule has 7 heteroatoms. The predicted octanol–water partition coefficient (Wildman–Crippen LogP) is 3.37. The molecule has 3 rings (SSSR count). The topological polar surface area (TPSA) is 91.5 Å². The molecule has 1 aliphatic heterocycles. The van der Waals surface area contributed by atoms with Crippen molar-refractivity contribution in [3.05, 3.63) is 47.3 Å². The Morgan fingerprint density at radius 3 is 2.86 bits per heavy atom. The summed E-state index contributed by atoms with van der Waals surface area (Å²) in [5.74, 6) is 2.04. The molecule has 1 atom stereocenters. The Bertz CT molecular complexity index is 826. The summed E-state index contributed by atoms with van der Waals surface area (Å²) in [6, 6.07) is 9.94. The van der Waals surface area contributed by atoms with Crippen molar-refractivity contribution in [2.24, 2.45) is 4.99 Å². The van der Waals surface area contributed by atoms with Crippen molar-refractivity contribution in [3.8, 4) is 0 Å². The van der Waals surface area contributed by atoms with Gasteiger partial charge in [0.15, 0.2) is 11.7 Å². The zero-order chi connectivity index (χ0) is 19.9. The van der Waals surface area contributed by atoms with E-state index in [1.54, 1.807) is 7.05 Å². The monoisotopic (exact) mass is 383 g/mol. The van der Waals surface area contributed by atoms with E-state index >= 15 is 0 Å². The number of nitrogens with one attached hydrogen (secondary N) is 3. The number of anilines is 1. The maximum atomic E-state index is 12.0. The van der Waals surface area contributed by atoms with Gasteiger partial charge in [-0.2, -0.15) is 0 Å². The summed E-state index contributed by atoms with van der Waals surface area (Å²) in [6.07, 6.45) is 2.56. The number of aromatic nitrogens is 1. The number of nitrogens with zero attached hydrogens (tertiary/aromatic N) is 2. The number of aliphatic imine (C=N–C) groups is 1. The second kappa shape index (κ2) is 9.39. The molecule has 1 aliphatic rings. The lowest BCUT2D eigenvalue weighted by molar-refractivity contribution is -0.116. The molecule has 1 aromatic heterocycles. The Kier molecular flexibility index (Phi) is 6.68. The molecule has 1 aromatic carbocycles. The van der Waals surface area contributed by atoms with E-state index < -0.39 is 0 Å². The van der Waals surface area contributed by atoms with E-state index in [0.717, 1.165) is 35.5 Å². The minimum absolute atomic E-state index is 0.0454. The van der Waals surface area contributed by atoms with Crippen LogP contribution in [0.4, 0.5) is 5.69 Å². The quantitative estimate of drug-likeness (QED) is 0.504. The zero-order valence-corrected chi connectivity index (χ0v) is 16.8. The molecule has 2 aromatic rings. The molecule has 0 saturated heterocycles.